The van der Waals surface area contributed by atoms with E-state index in [9.17, 15) is 0 Å². The van der Waals surface area contributed by atoms with Gasteiger partial charge in [-0.1, -0.05) is 122 Å². The molecule has 4 heteroatoms. The summed E-state index contributed by atoms with van der Waals surface area (Å²) in [6.07, 6.45) is 0. The summed E-state index contributed by atoms with van der Waals surface area (Å²) >= 11 is 9.60. The Labute approximate surface area is 274 Å². The maximum Gasteiger partial charge on any atom is 0.0559 e. The summed E-state index contributed by atoms with van der Waals surface area (Å²) in [7, 11) is 0. The van der Waals surface area contributed by atoms with Crippen molar-refractivity contribution in [3.63, 3.8) is 0 Å². The van der Waals surface area contributed by atoms with E-state index in [2.05, 4.69) is 164 Å². The number of halogens is 2. The average Bonchev–Trinajstić information content (AvgIpc) is 3.51. The Hall–Kier alpha value is -2.92. The highest BCUT2D eigenvalue weighted by atomic mass is 79.9. The highest BCUT2D eigenvalue weighted by Crippen LogP contribution is 2.47. The van der Waals surface area contributed by atoms with Crippen molar-refractivity contribution in [2.45, 2.75) is 59.3 Å². The fourth-order valence-electron chi connectivity index (χ4n) is 6.15. The summed E-state index contributed by atoms with van der Waals surface area (Å²) in [5.41, 5.74) is 11.3. The summed E-state index contributed by atoms with van der Waals surface area (Å²) in [4.78, 5) is 3.91. The normalized spacial score (nSPS) is 12.8. The fourth-order valence-corrected chi connectivity index (χ4v) is 8.41. The van der Waals surface area contributed by atoms with Crippen LogP contribution in [0.3, 0.4) is 0 Å². The van der Waals surface area contributed by atoms with Crippen LogP contribution in [0.5, 0.6) is 0 Å². The molecule has 0 saturated carbocycles. The number of aryl methyl sites for hydroxylation is 1. The van der Waals surface area contributed by atoms with Gasteiger partial charge in [-0.25, -0.2) is 0 Å². The second kappa shape index (κ2) is 10.1. The van der Waals surface area contributed by atoms with Crippen LogP contribution in [0.1, 0.15) is 58.2 Å². The molecule has 0 radical (unpaired) electrons. The van der Waals surface area contributed by atoms with Crippen LogP contribution in [-0.4, -0.2) is 4.98 Å². The molecule has 216 valence electrons. The van der Waals surface area contributed by atoms with Crippen LogP contribution in [-0.2, 0) is 10.8 Å². The summed E-state index contributed by atoms with van der Waals surface area (Å²) in [5.74, 6) is 0. The highest BCUT2D eigenvalue weighted by Gasteiger charge is 2.23. The quantitative estimate of drug-likeness (QED) is 0.184. The molecule has 0 atom stereocenters. The lowest BCUT2D eigenvalue weighted by Gasteiger charge is -2.26. The molecule has 0 unspecified atom stereocenters. The van der Waals surface area contributed by atoms with Crippen LogP contribution in [0.2, 0.25) is 0 Å². The largest absolute Gasteiger partial charge is 0.354 e. The van der Waals surface area contributed by atoms with Gasteiger partial charge in [0, 0.05) is 51.0 Å². The maximum atomic E-state index is 3.91. The molecule has 43 heavy (non-hydrogen) atoms. The van der Waals surface area contributed by atoms with Crippen LogP contribution in [0, 0.1) is 6.92 Å². The number of hydrogen-bond donors (Lipinski definition) is 1. The summed E-state index contributed by atoms with van der Waals surface area (Å²) < 4.78 is 4.87. The molecule has 0 spiro atoms. The van der Waals surface area contributed by atoms with Gasteiger partial charge in [0.05, 0.1) is 5.52 Å². The lowest BCUT2D eigenvalue weighted by molar-refractivity contribution is 0.569. The number of fused-ring (bicyclic) bond motifs is 7. The first-order chi connectivity index (χ1) is 20.3. The molecule has 7 rings (SSSR count). The topological polar surface area (TPSA) is 15.8 Å². The molecular formula is C39H35Br2NS. The standard InChI is InChI=1S/C39H35Br2NS/c1-21-14-32(41)28(20-31(21)40)29-19-30-26-10-8-9-11-34(26)43-37(30)35-27-13-12-22(17-33(27)42-36(29)35)23-15-24(38(2,3)4)18-25(16-23)39(5,6)7/h8-20,42H,1-7H3. The fraction of sp³-hybridized carbons (Fsp3) is 0.231. The number of benzene rings is 5. The first-order valence-corrected chi connectivity index (χ1v) is 17.2. The Kier molecular flexibility index (Phi) is 6.74. The summed E-state index contributed by atoms with van der Waals surface area (Å²) in [6, 6.07) is 29.8. The lowest BCUT2D eigenvalue weighted by atomic mass is 9.79. The molecule has 0 bridgehead atoms. The Morgan fingerprint density at radius 1 is 0.628 bits per heavy atom. The number of rotatable bonds is 2. The van der Waals surface area contributed by atoms with Crippen molar-refractivity contribution in [1.29, 1.82) is 0 Å². The van der Waals surface area contributed by atoms with Crippen molar-refractivity contribution in [3.8, 4) is 22.3 Å². The predicted octanol–water partition coefficient (Wildman–Crippen LogP) is 13.5. The molecule has 0 aliphatic carbocycles. The van der Waals surface area contributed by atoms with E-state index >= 15 is 0 Å². The zero-order chi connectivity index (χ0) is 30.4. The number of aromatic nitrogens is 1. The third-order valence-electron chi connectivity index (χ3n) is 8.75. The van der Waals surface area contributed by atoms with Gasteiger partial charge >= 0.3 is 0 Å². The van der Waals surface area contributed by atoms with E-state index < -0.39 is 0 Å². The predicted molar refractivity (Wildman–Crippen MR) is 197 cm³/mol. The minimum absolute atomic E-state index is 0.0681. The Bertz CT molecular complexity index is 2200. The molecule has 0 aliphatic heterocycles. The van der Waals surface area contributed by atoms with E-state index in [1.54, 1.807) is 0 Å². The molecule has 1 nitrogen and oxygen atoms in total. The SMILES string of the molecule is Cc1cc(Br)c(-c2cc3c4ccccc4sc3c3c2[nH]c2cc(-c4cc(C(C)(C)C)cc(C(C)(C)C)c4)ccc23)cc1Br. The van der Waals surface area contributed by atoms with Gasteiger partial charge in [-0.15, -0.1) is 11.3 Å². The van der Waals surface area contributed by atoms with E-state index in [4.69, 9.17) is 0 Å². The summed E-state index contributed by atoms with van der Waals surface area (Å²) in [5, 5.41) is 5.19. The van der Waals surface area contributed by atoms with Gasteiger partial charge in [0.15, 0.2) is 0 Å². The summed E-state index contributed by atoms with van der Waals surface area (Å²) in [6.45, 7) is 16.0. The van der Waals surface area contributed by atoms with Gasteiger partial charge in [0.1, 0.15) is 0 Å². The molecule has 7 aromatic rings. The zero-order valence-electron chi connectivity index (χ0n) is 25.7. The number of aromatic amines is 1. The minimum atomic E-state index is 0.0681. The second-order valence-electron chi connectivity index (χ2n) is 13.9. The minimum Gasteiger partial charge on any atom is -0.354 e. The van der Waals surface area contributed by atoms with Crippen LogP contribution >= 0.6 is 43.2 Å². The zero-order valence-corrected chi connectivity index (χ0v) is 29.7. The molecule has 0 fully saturated rings. The number of hydrogen-bond acceptors (Lipinski definition) is 1. The Balaban J connectivity index is 1.55. The first kappa shape index (κ1) is 28.8. The van der Waals surface area contributed by atoms with Gasteiger partial charge in [-0.3, -0.25) is 0 Å². The molecule has 2 heterocycles. The molecule has 0 aliphatic rings. The number of thiophene rings is 1. The highest BCUT2D eigenvalue weighted by molar-refractivity contribution is 9.11. The monoisotopic (exact) mass is 707 g/mol. The van der Waals surface area contributed by atoms with E-state index in [-0.39, 0.29) is 10.8 Å². The third kappa shape index (κ3) is 4.87. The van der Waals surface area contributed by atoms with Gasteiger partial charge in [0.25, 0.3) is 0 Å². The molecule has 5 aromatic carbocycles. The van der Waals surface area contributed by atoms with Crippen molar-refractivity contribution in [2.75, 3.05) is 0 Å². The Morgan fingerprint density at radius 2 is 1.33 bits per heavy atom. The van der Waals surface area contributed by atoms with E-state index in [1.165, 1.54) is 80.9 Å². The molecule has 1 N–H and O–H groups in total. The molecular weight excluding hydrogens is 674 g/mol. The van der Waals surface area contributed by atoms with Crippen molar-refractivity contribution in [1.82, 2.24) is 4.98 Å². The number of H-pyrrole nitrogens is 1. The van der Waals surface area contributed by atoms with Gasteiger partial charge in [0.2, 0.25) is 0 Å². The van der Waals surface area contributed by atoms with Gasteiger partial charge in [-0.05, 0) is 81.5 Å². The first-order valence-electron chi connectivity index (χ1n) is 14.8. The Morgan fingerprint density at radius 3 is 2.02 bits per heavy atom. The third-order valence-corrected chi connectivity index (χ3v) is 11.5. The molecule has 0 amide bonds. The second-order valence-corrected chi connectivity index (χ2v) is 16.7. The number of nitrogens with one attached hydrogen (secondary N) is 1. The van der Waals surface area contributed by atoms with Crippen LogP contribution in [0.25, 0.3) is 64.2 Å². The molecule has 2 aromatic heterocycles. The van der Waals surface area contributed by atoms with E-state index in [0.29, 0.717) is 0 Å². The van der Waals surface area contributed by atoms with Crippen molar-refractivity contribution in [2.24, 2.45) is 0 Å². The van der Waals surface area contributed by atoms with Crippen LogP contribution in [0.4, 0.5) is 0 Å². The van der Waals surface area contributed by atoms with Gasteiger partial charge < -0.3 is 4.98 Å². The van der Waals surface area contributed by atoms with Crippen molar-refractivity contribution in [3.05, 3.63) is 104 Å². The van der Waals surface area contributed by atoms with Crippen LogP contribution in [0.15, 0.2) is 87.8 Å². The van der Waals surface area contributed by atoms with Gasteiger partial charge in [-0.2, -0.15) is 0 Å². The van der Waals surface area contributed by atoms with Crippen LogP contribution < -0.4 is 0 Å². The smallest absolute Gasteiger partial charge is 0.0559 e. The molecule has 0 saturated heterocycles. The average molecular weight is 710 g/mol. The van der Waals surface area contributed by atoms with Crippen molar-refractivity contribution < 1.29 is 0 Å². The maximum absolute atomic E-state index is 3.91. The lowest BCUT2D eigenvalue weighted by Crippen LogP contribution is -2.16. The van der Waals surface area contributed by atoms with E-state index in [1.807, 2.05) is 11.3 Å². The van der Waals surface area contributed by atoms with E-state index in [0.717, 1.165) is 8.95 Å². The van der Waals surface area contributed by atoms with Crippen molar-refractivity contribution >= 4 is 85.2 Å².